The molecule has 0 saturated carbocycles. The van der Waals surface area contributed by atoms with Crippen LogP contribution in [0.1, 0.15) is 62.0 Å². The molecule has 4 rings (SSSR count). The lowest BCUT2D eigenvalue weighted by Gasteiger charge is -2.32. The smallest absolute Gasteiger partial charge is 0.256 e. The summed E-state index contributed by atoms with van der Waals surface area (Å²) in [6, 6.07) is 11.7. The molecule has 3 aromatic rings. The molecular weight excluding hydrogens is 508 g/mol. The first-order valence-corrected chi connectivity index (χ1v) is 13.8. The molecule has 0 aliphatic carbocycles. The van der Waals surface area contributed by atoms with Crippen LogP contribution in [0.2, 0.25) is 0 Å². The van der Waals surface area contributed by atoms with E-state index in [1.54, 1.807) is 19.1 Å². The Morgan fingerprint density at radius 1 is 1.12 bits per heavy atom. The number of amides is 1. The minimum Gasteiger partial charge on any atom is -0.493 e. The summed E-state index contributed by atoms with van der Waals surface area (Å²) in [5, 5.41) is 7.65. The quantitative estimate of drug-likeness (QED) is 0.263. The van der Waals surface area contributed by atoms with Crippen LogP contribution in [0.4, 0.5) is 5.69 Å². The number of hydrogen-bond donors (Lipinski definition) is 0. The van der Waals surface area contributed by atoms with Gasteiger partial charge in [0, 0.05) is 47.9 Å². The summed E-state index contributed by atoms with van der Waals surface area (Å²) in [5.41, 5.74) is 4.04. The van der Waals surface area contributed by atoms with Crippen LogP contribution in [-0.2, 0) is 22.5 Å². The maximum absolute atomic E-state index is 14.3. The highest BCUT2D eigenvalue weighted by Gasteiger charge is 2.39. The van der Waals surface area contributed by atoms with E-state index in [-0.39, 0.29) is 12.5 Å². The van der Waals surface area contributed by atoms with Crippen molar-refractivity contribution in [1.82, 2.24) is 9.78 Å². The van der Waals surface area contributed by atoms with Gasteiger partial charge in [-0.25, -0.2) is 0 Å². The van der Waals surface area contributed by atoms with Gasteiger partial charge in [0.15, 0.2) is 11.5 Å². The maximum Gasteiger partial charge on any atom is 0.256 e. The van der Waals surface area contributed by atoms with Crippen LogP contribution in [0, 0.1) is 17.2 Å². The number of methoxy groups -OCH3 is 2. The second-order valence-electron chi connectivity index (χ2n) is 11.2. The number of nitroso groups, excluding NO2 is 1. The van der Waals surface area contributed by atoms with Crippen LogP contribution in [0.25, 0.3) is 0 Å². The number of rotatable bonds is 12. The van der Waals surface area contributed by atoms with Gasteiger partial charge < -0.3 is 19.1 Å². The van der Waals surface area contributed by atoms with E-state index in [0.717, 1.165) is 35.2 Å². The molecule has 214 valence electrons. The number of anilines is 1. The van der Waals surface area contributed by atoms with Gasteiger partial charge in [-0.1, -0.05) is 62.2 Å². The van der Waals surface area contributed by atoms with E-state index in [1.807, 2.05) is 68.2 Å². The predicted octanol–water partition coefficient (Wildman–Crippen LogP) is 5.87. The molecule has 9 heteroatoms. The van der Waals surface area contributed by atoms with Gasteiger partial charge in [-0.3, -0.25) is 9.48 Å². The minimum absolute atomic E-state index is 0.0874. The number of benzene rings is 2. The largest absolute Gasteiger partial charge is 0.493 e. The first kappa shape index (κ1) is 29.3. The summed E-state index contributed by atoms with van der Waals surface area (Å²) in [6.45, 7) is 8.96. The summed E-state index contributed by atoms with van der Waals surface area (Å²) < 4.78 is 20.0. The third kappa shape index (κ3) is 6.36. The molecule has 2 heterocycles. The van der Waals surface area contributed by atoms with Gasteiger partial charge in [-0.05, 0) is 31.0 Å². The van der Waals surface area contributed by atoms with E-state index in [9.17, 15) is 9.70 Å². The number of nitrogens with zero attached hydrogens (tertiary/aromatic N) is 4. The molecule has 1 aromatic heterocycles. The summed E-state index contributed by atoms with van der Waals surface area (Å²) >= 11 is 0. The van der Waals surface area contributed by atoms with Gasteiger partial charge >= 0.3 is 0 Å². The van der Waals surface area contributed by atoms with Crippen LogP contribution >= 0.6 is 0 Å². The number of fused-ring (bicyclic) bond motifs is 1. The Morgan fingerprint density at radius 3 is 2.62 bits per heavy atom. The van der Waals surface area contributed by atoms with Gasteiger partial charge in [-0.2, -0.15) is 10.0 Å². The van der Waals surface area contributed by atoms with Crippen LogP contribution < -0.4 is 14.4 Å². The Kier molecular flexibility index (Phi) is 9.25. The monoisotopic (exact) mass is 548 g/mol. The standard InChI is InChI=1S/C31H40N4O5/c1-7-9-22-17-32-34(18-22)15-14-27-30(36)35(20-31(3,4)19-33-37)25-13-12-21(2)16-24(25)28(40-27)23-10-8-11-26(38-5)29(23)39-6/h8,10-13,16-18,27-28H,7,9,14-15,19-20H2,1-6H3/t27-,28?/m1/s1. The molecule has 1 aliphatic rings. The molecule has 1 unspecified atom stereocenters. The lowest BCUT2D eigenvalue weighted by molar-refractivity contribution is -0.132. The second kappa shape index (κ2) is 12.6. The Morgan fingerprint density at radius 2 is 1.93 bits per heavy atom. The third-order valence-corrected chi connectivity index (χ3v) is 7.24. The molecule has 0 radical (unpaired) electrons. The number of para-hydroxylation sites is 1. The summed E-state index contributed by atoms with van der Waals surface area (Å²) in [5.74, 6) is 0.984. The van der Waals surface area contributed by atoms with Gasteiger partial charge in [0.25, 0.3) is 5.91 Å². The number of ether oxygens (including phenoxy) is 3. The van der Waals surface area contributed by atoms with Crippen LogP contribution in [0.5, 0.6) is 11.5 Å². The van der Waals surface area contributed by atoms with Crippen molar-refractivity contribution < 1.29 is 19.0 Å². The highest BCUT2D eigenvalue weighted by molar-refractivity contribution is 5.98. The van der Waals surface area contributed by atoms with Crippen molar-refractivity contribution in [1.29, 1.82) is 0 Å². The van der Waals surface area contributed by atoms with Gasteiger partial charge in [0.05, 0.1) is 27.0 Å². The van der Waals surface area contributed by atoms with E-state index in [0.29, 0.717) is 31.0 Å². The molecule has 2 atom stereocenters. The number of aromatic nitrogens is 2. The molecule has 0 bridgehead atoms. The molecule has 1 aliphatic heterocycles. The first-order valence-electron chi connectivity index (χ1n) is 13.8. The predicted molar refractivity (Wildman–Crippen MR) is 155 cm³/mol. The number of carbonyl (C=O) groups excluding carboxylic acids is 1. The fourth-order valence-corrected chi connectivity index (χ4v) is 5.28. The third-order valence-electron chi connectivity index (χ3n) is 7.24. The molecule has 40 heavy (non-hydrogen) atoms. The maximum atomic E-state index is 14.3. The van der Waals surface area contributed by atoms with E-state index in [1.165, 1.54) is 5.56 Å². The lowest BCUT2D eigenvalue weighted by atomic mass is 9.91. The molecule has 9 nitrogen and oxygen atoms in total. The first-order chi connectivity index (χ1) is 19.2. The Balaban J connectivity index is 1.81. The average molecular weight is 549 g/mol. The van der Waals surface area contributed by atoms with Gasteiger partial charge in [0.1, 0.15) is 12.2 Å². The number of carbonyl (C=O) groups is 1. The van der Waals surface area contributed by atoms with Crippen molar-refractivity contribution in [3.8, 4) is 11.5 Å². The average Bonchev–Trinajstić information content (AvgIpc) is 3.34. The van der Waals surface area contributed by atoms with Crippen LogP contribution in [0.15, 0.2) is 54.0 Å². The summed E-state index contributed by atoms with van der Waals surface area (Å²) in [6.07, 6.45) is 4.96. The highest BCUT2D eigenvalue weighted by Crippen LogP contribution is 2.45. The molecule has 0 N–H and O–H groups in total. The van der Waals surface area contributed by atoms with Crippen molar-refractivity contribution in [2.75, 3.05) is 32.2 Å². The molecule has 0 fully saturated rings. The number of hydrogen-bond acceptors (Lipinski definition) is 7. The normalized spacial score (nSPS) is 17.4. The molecule has 2 aromatic carbocycles. The summed E-state index contributed by atoms with van der Waals surface area (Å²) in [4.78, 5) is 27.3. The zero-order valence-electron chi connectivity index (χ0n) is 24.3. The van der Waals surface area contributed by atoms with Crippen molar-refractivity contribution in [2.24, 2.45) is 10.6 Å². The SMILES string of the molecule is CCCc1cnn(CC[C@H]2OC(c3cccc(OC)c3OC)c3cc(C)ccc3N(CC(C)(C)CN=O)C2=O)c1. The zero-order valence-corrected chi connectivity index (χ0v) is 24.3. The topological polar surface area (TPSA) is 95.2 Å². The summed E-state index contributed by atoms with van der Waals surface area (Å²) in [7, 11) is 3.20. The fraction of sp³-hybridized carbons (Fsp3) is 0.484. The van der Waals surface area contributed by atoms with Crippen molar-refractivity contribution in [2.45, 2.75) is 65.7 Å². The molecular formula is C31H40N4O5. The van der Waals surface area contributed by atoms with E-state index in [2.05, 4.69) is 23.3 Å². The molecule has 1 amide bonds. The van der Waals surface area contributed by atoms with Crippen molar-refractivity contribution >= 4 is 11.6 Å². The van der Waals surface area contributed by atoms with E-state index >= 15 is 0 Å². The van der Waals surface area contributed by atoms with Crippen molar-refractivity contribution in [3.63, 3.8) is 0 Å². The van der Waals surface area contributed by atoms with E-state index in [4.69, 9.17) is 14.2 Å². The van der Waals surface area contributed by atoms with E-state index < -0.39 is 17.6 Å². The van der Waals surface area contributed by atoms with Crippen molar-refractivity contribution in [3.05, 3.63) is 76.0 Å². The fourth-order valence-electron chi connectivity index (χ4n) is 5.28. The highest BCUT2D eigenvalue weighted by atomic mass is 16.5. The zero-order chi connectivity index (χ0) is 28.9. The number of aryl methyl sites for hydroxylation is 3. The Hall–Kier alpha value is -3.72. The van der Waals surface area contributed by atoms with Gasteiger partial charge in [0.2, 0.25) is 0 Å². The lowest BCUT2D eigenvalue weighted by Crippen LogP contribution is -2.45. The second-order valence-corrected chi connectivity index (χ2v) is 11.2. The Labute approximate surface area is 236 Å². The van der Waals surface area contributed by atoms with Crippen LogP contribution in [-0.4, -0.2) is 49.1 Å². The minimum atomic E-state index is -0.771. The van der Waals surface area contributed by atoms with Crippen LogP contribution in [0.3, 0.4) is 0 Å². The Bertz CT molecular complexity index is 1340. The molecule has 0 saturated heterocycles. The van der Waals surface area contributed by atoms with Gasteiger partial charge in [-0.15, -0.1) is 0 Å². The molecule has 0 spiro atoms.